The van der Waals surface area contributed by atoms with Gasteiger partial charge >= 0.3 is 0 Å². The number of nitrogens with one attached hydrogen (secondary N) is 1. The minimum absolute atomic E-state index is 0.0277. The zero-order chi connectivity index (χ0) is 19.2. The third-order valence-electron chi connectivity index (χ3n) is 5.48. The summed E-state index contributed by atoms with van der Waals surface area (Å²) in [6.07, 6.45) is 5.77. The van der Waals surface area contributed by atoms with Gasteiger partial charge in [-0.2, -0.15) is 0 Å². The van der Waals surface area contributed by atoms with E-state index in [2.05, 4.69) is 5.32 Å². The number of carbonyl (C=O) groups is 3. The molecule has 2 heterocycles. The maximum atomic E-state index is 12.8. The summed E-state index contributed by atoms with van der Waals surface area (Å²) in [5, 5.41) is 2.71. The van der Waals surface area contributed by atoms with Crippen molar-refractivity contribution in [3.05, 3.63) is 29.8 Å². The second-order valence-electron chi connectivity index (χ2n) is 7.64. The minimum atomic E-state index is -0.128. The van der Waals surface area contributed by atoms with Crippen molar-refractivity contribution in [2.75, 3.05) is 31.5 Å². The van der Waals surface area contributed by atoms with Gasteiger partial charge in [0.1, 0.15) is 0 Å². The molecular formula is C21H29N3O3. The number of anilines is 1. The van der Waals surface area contributed by atoms with Crippen molar-refractivity contribution in [3.63, 3.8) is 0 Å². The zero-order valence-electron chi connectivity index (χ0n) is 16.1. The third-order valence-corrected chi connectivity index (χ3v) is 5.48. The summed E-state index contributed by atoms with van der Waals surface area (Å²) in [6, 6.07) is 7.03. The molecule has 0 aromatic heterocycles. The van der Waals surface area contributed by atoms with E-state index in [1.807, 2.05) is 9.80 Å². The maximum absolute atomic E-state index is 12.8. The standard InChI is InChI=1S/C21H29N3O3/c1-16(25)22-19-9-7-18(8-10-19)21(27)24-14-4-5-17(15-24)6-11-20(26)23-12-2-3-13-23/h7-10,17H,2-6,11-15H2,1H3,(H,22,25). The number of rotatable bonds is 5. The number of nitrogens with zero attached hydrogens (tertiary/aromatic N) is 2. The molecule has 1 unspecified atom stereocenters. The Morgan fingerprint density at radius 3 is 2.33 bits per heavy atom. The van der Waals surface area contributed by atoms with Gasteiger partial charge in [0, 0.05) is 50.8 Å². The van der Waals surface area contributed by atoms with Crippen LogP contribution in [0.1, 0.15) is 55.8 Å². The first-order valence-corrected chi connectivity index (χ1v) is 9.97. The monoisotopic (exact) mass is 371 g/mol. The Morgan fingerprint density at radius 2 is 1.67 bits per heavy atom. The summed E-state index contributed by atoms with van der Waals surface area (Å²) in [7, 11) is 0. The largest absolute Gasteiger partial charge is 0.343 e. The van der Waals surface area contributed by atoms with Gasteiger partial charge in [0.25, 0.3) is 5.91 Å². The molecular weight excluding hydrogens is 342 g/mol. The lowest BCUT2D eigenvalue weighted by atomic mass is 9.92. The van der Waals surface area contributed by atoms with Crippen LogP contribution in [0.2, 0.25) is 0 Å². The molecule has 3 amide bonds. The van der Waals surface area contributed by atoms with Crippen LogP contribution in [0.4, 0.5) is 5.69 Å². The van der Waals surface area contributed by atoms with Crippen LogP contribution >= 0.6 is 0 Å². The number of hydrogen-bond donors (Lipinski definition) is 1. The van der Waals surface area contributed by atoms with Crippen LogP contribution in [-0.4, -0.2) is 53.7 Å². The Kier molecular flexibility index (Phi) is 6.48. The third kappa shape index (κ3) is 5.31. The van der Waals surface area contributed by atoms with E-state index in [1.165, 1.54) is 6.92 Å². The second-order valence-corrected chi connectivity index (χ2v) is 7.64. The summed E-state index contributed by atoms with van der Waals surface area (Å²) >= 11 is 0. The fourth-order valence-electron chi connectivity index (χ4n) is 4.02. The molecule has 1 aromatic carbocycles. The van der Waals surface area contributed by atoms with Crippen molar-refractivity contribution in [1.82, 2.24) is 9.80 Å². The average Bonchev–Trinajstić information content (AvgIpc) is 3.21. The molecule has 0 spiro atoms. The SMILES string of the molecule is CC(=O)Nc1ccc(C(=O)N2CCCC(CCC(=O)N3CCCC3)C2)cc1. The number of hydrogen-bond acceptors (Lipinski definition) is 3. The molecule has 3 rings (SSSR count). The van der Waals surface area contributed by atoms with Gasteiger partial charge in [-0.15, -0.1) is 0 Å². The molecule has 2 saturated heterocycles. The first-order valence-electron chi connectivity index (χ1n) is 9.97. The zero-order valence-corrected chi connectivity index (χ0v) is 16.1. The fourth-order valence-corrected chi connectivity index (χ4v) is 4.02. The van der Waals surface area contributed by atoms with E-state index in [9.17, 15) is 14.4 Å². The summed E-state index contributed by atoms with van der Waals surface area (Å²) in [5.74, 6) is 0.564. The molecule has 146 valence electrons. The van der Waals surface area contributed by atoms with Crippen molar-refractivity contribution in [2.24, 2.45) is 5.92 Å². The van der Waals surface area contributed by atoms with Gasteiger partial charge in [-0.3, -0.25) is 14.4 Å². The number of benzene rings is 1. The fraction of sp³-hybridized carbons (Fsp3) is 0.571. The van der Waals surface area contributed by atoms with Gasteiger partial charge in [0.15, 0.2) is 0 Å². The van der Waals surface area contributed by atoms with Gasteiger partial charge in [0.2, 0.25) is 11.8 Å². The molecule has 6 heteroatoms. The normalized spacial score (nSPS) is 19.8. The van der Waals surface area contributed by atoms with Gasteiger partial charge in [-0.05, 0) is 62.3 Å². The highest BCUT2D eigenvalue weighted by atomic mass is 16.2. The summed E-state index contributed by atoms with van der Waals surface area (Å²) in [6.45, 7) is 4.76. The summed E-state index contributed by atoms with van der Waals surface area (Å²) in [5.41, 5.74) is 1.33. The molecule has 1 N–H and O–H groups in total. The molecule has 2 aliphatic rings. The Balaban J connectivity index is 1.51. The van der Waals surface area contributed by atoms with Crippen molar-refractivity contribution in [2.45, 2.75) is 45.4 Å². The molecule has 0 aliphatic carbocycles. The van der Waals surface area contributed by atoms with Crippen LogP contribution in [0.25, 0.3) is 0 Å². The lowest BCUT2D eigenvalue weighted by Crippen LogP contribution is -2.40. The van der Waals surface area contributed by atoms with Crippen molar-refractivity contribution >= 4 is 23.4 Å². The summed E-state index contributed by atoms with van der Waals surface area (Å²) in [4.78, 5) is 40.0. The molecule has 6 nitrogen and oxygen atoms in total. The Hall–Kier alpha value is -2.37. The van der Waals surface area contributed by atoms with Crippen LogP contribution in [0.3, 0.4) is 0 Å². The van der Waals surface area contributed by atoms with Crippen molar-refractivity contribution in [3.8, 4) is 0 Å². The van der Waals surface area contributed by atoms with E-state index in [0.717, 1.165) is 58.3 Å². The number of piperidine rings is 1. The Bertz CT molecular complexity index is 680. The average molecular weight is 371 g/mol. The molecule has 1 aromatic rings. The predicted octanol–water partition coefficient (Wildman–Crippen LogP) is 2.90. The van der Waals surface area contributed by atoms with Crippen LogP contribution in [0.5, 0.6) is 0 Å². The van der Waals surface area contributed by atoms with Crippen LogP contribution < -0.4 is 5.32 Å². The van der Waals surface area contributed by atoms with Crippen LogP contribution in [-0.2, 0) is 9.59 Å². The number of carbonyl (C=O) groups excluding carboxylic acids is 3. The van der Waals surface area contributed by atoms with E-state index < -0.39 is 0 Å². The molecule has 27 heavy (non-hydrogen) atoms. The van der Waals surface area contributed by atoms with E-state index in [1.54, 1.807) is 24.3 Å². The lowest BCUT2D eigenvalue weighted by molar-refractivity contribution is -0.130. The number of likely N-dealkylation sites (tertiary alicyclic amines) is 2. The van der Waals surface area contributed by atoms with Gasteiger partial charge in [-0.25, -0.2) is 0 Å². The van der Waals surface area contributed by atoms with Gasteiger partial charge < -0.3 is 15.1 Å². The topological polar surface area (TPSA) is 69.7 Å². The highest BCUT2D eigenvalue weighted by Crippen LogP contribution is 2.24. The van der Waals surface area contributed by atoms with E-state index >= 15 is 0 Å². The second kappa shape index (κ2) is 9.02. The van der Waals surface area contributed by atoms with Crippen LogP contribution in [0.15, 0.2) is 24.3 Å². The number of amides is 3. The lowest BCUT2D eigenvalue weighted by Gasteiger charge is -2.33. The highest BCUT2D eigenvalue weighted by molar-refractivity contribution is 5.95. The highest BCUT2D eigenvalue weighted by Gasteiger charge is 2.26. The first kappa shape index (κ1) is 19.4. The smallest absolute Gasteiger partial charge is 0.253 e. The Labute approximate surface area is 160 Å². The molecule has 0 saturated carbocycles. The molecule has 0 radical (unpaired) electrons. The molecule has 2 aliphatic heterocycles. The van der Waals surface area contributed by atoms with Crippen molar-refractivity contribution in [1.29, 1.82) is 0 Å². The van der Waals surface area contributed by atoms with Crippen LogP contribution in [0, 0.1) is 5.92 Å². The van der Waals surface area contributed by atoms with E-state index in [-0.39, 0.29) is 17.7 Å². The first-order chi connectivity index (χ1) is 13.0. The molecule has 1 atom stereocenters. The van der Waals surface area contributed by atoms with Gasteiger partial charge in [0.05, 0.1) is 0 Å². The van der Waals surface area contributed by atoms with E-state index in [4.69, 9.17) is 0 Å². The Morgan fingerprint density at radius 1 is 1.00 bits per heavy atom. The summed E-state index contributed by atoms with van der Waals surface area (Å²) < 4.78 is 0. The van der Waals surface area contributed by atoms with Crippen molar-refractivity contribution < 1.29 is 14.4 Å². The van der Waals surface area contributed by atoms with Gasteiger partial charge in [-0.1, -0.05) is 0 Å². The molecule has 2 fully saturated rings. The quantitative estimate of drug-likeness (QED) is 0.865. The molecule has 0 bridgehead atoms. The minimum Gasteiger partial charge on any atom is -0.343 e. The maximum Gasteiger partial charge on any atom is 0.253 e. The van der Waals surface area contributed by atoms with E-state index in [0.29, 0.717) is 23.6 Å². The predicted molar refractivity (Wildman–Crippen MR) is 104 cm³/mol.